The number of benzene rings is 2. The van der Waals surface area contributed by atoms with Gasteiger partial charge in [0.2, 0.25) is 11.1 Å². The number of fused-ring (bicyclic) bond motifs is 1. The van der Waals surface area contributed by atoms with Crippen LogP contribution in [0.4, 0.5) is 0 Å². The van der Waals surface area contributed by atoms with Gasteiger partial charge >= 0.3 is 5.97 Å². The molecule has 3 aromatic rings. The van der Waals surface area contributed by atoms with Gasteiger partial charge in [0.05, 0.1) is 23.7 Å². The number of carboxylic acids is 1. The Kier molecular flexibility index (Phi) is 3.34. The smallest absolute Gasteiger partial charge is 0.360 e. The number of carbonyl (C=O) groups is 1. The van der Waals surface area contributed by atoms with Crippen molar-refractivity contribution in [3.05, 3.63) is 64.4 Å². The third kappa shape index (κ3) is 2.10. The number of nitrogens with zero attached hydrogens (tertiary/aromatic N) is 2. The van der Waals surface area contributed by atoms with Crippen LogP contribution in [0.15, 0.2) is 53.3 Å². The van der Waals surface area contributed by atoms with E-state index in [0.29, 0.717) is 17.0 Å². The second-order valence-electron chi connectivity index (χ2n) is 4.58. The highest BCUT2D eigenvalue weighted by atomic mass is 16.5. The van der Waals surface area contributed by atoms with Crippen molar-refractivity contribution in [2.45, 2.75) is 0 Å². The Bertz CT molecular complexity index is 917. The van der Waals surface area contributed by atoms with Gasteiger partial charge in [-0.3, -0.25) is 4.79 Å². The summed E-state index contributed by atoms with van der Waals surface area (Å²) in [7, 11) is 1.43. The number of para-hydroxylation sites is 1. The van der Waals surface area contributed by atoms with Crippen LogP contribution in [-0.2, 0) is 0 Å². The maximum atomic E-state index is 12.4. The third-order valence-corrected chi connectivity index (χ3v) is 3.30. The Hall–Kier alpha value is -3.15. The summed E-state index contributed by atoms with van der Waals surface area (Å²) in [6, 6.07) is 14.1. The summed E-state index contributed by atoms with van der Waals surface area (Å²) in [5.74, 6) is -1.06. The Balaban J connectivity index is 2.50. The summed E-state index contributed by atoms with van der Waals surface area (Å²) >= 11 is 0. The lowest BCUT2D eigenvalue weighted by Crippen LogP contribution is -2.22. The van der Waals surface area contributed by atoms with Gasteiger partial charge in [-0.25, -0.2) is 9.48 Å². The second kappa shape index (κ2) is 5.33. The standard InChI is InChI=1S/C16H12N2O4/c1-22-12-9-5-8-11-13(12)15(19)14(16(20)21)17-18(11)10-6-3-2-4-7-10/h2-9H,1H3,(H,20,21). The van der Waals surface area contributed by atoms with Crippen LogP contribution in [0.5, 0.6) is 5.75 Å². The van der Waals surface area contributed by atoms with E-state index in [2.05, 4.69) is 5.10 Å². The molecular weight excluding hydrogens is 284 g/mol. The van der Waals surface area contributed by atoms with Crippen molar-refractivity contribution in [2.75, 3.05) is 7.11 Å². The quantitative estimate of drug-likeness (QED) is 0.800. The summed E-state index contributed by atoms with van der Waals surface area (Å²) in [6.45, 7) is 0. The molecule has 0 spiro atoms. The van der Waals surface area contributed by atoms with Crippen LogP contribution in [0.25, 0.3) is 16.6 Å². The normalized spacial score (nSPS) is 10.6. The van der Waals surface area contributed by atoms with E-state index < -0.39 is 17.1 Å². The lowest BCUT2D eigenvalue weighted by molar-refractivity contribution is 0.0687. The summed E-state index contributed by atoms with van der Waals surface area (Å²) in [6.07, 6.45) is 0. The molecule has 1 N–H and O–H groups in total. The summed E-state index contributed by atoms with van der Waals surface area (Å²) in [5, 5.41) is 13.4. The van der Waals surface area contributed by atoms with Crippen molar-refractivity contribution >= 4 is 16.9 Å². The minimum atomic E-state index is -1.37. The average Bonchev–Trinajstić information content (AvgIpc) is 2.55. The molecule has 0 amide bonds. The zero-order chi connectivity index (χ0) is 15.7. The van der Waals surface area contributed by atoms with Crippen LogP contribution in [-0.4, -0.2) is 28.0 Å². The highest BCUT2D eigenvalue weighted by Crippen LogP contribution is 2.24. The van der Waals surface area contributed by atoms with Crippen molar-refractivity contribution in [1.29, 1.82) is 0 Å². The molecule has 0 aliphatic rings. The van der Waals surface area contributed by atoms with E-state index in [0.717, 1.165) is 0 Å². The molecule has 6 nitrogen and oxygen atoms in total. The van der Waals surface area contributed by atoms with E-state index in [1.54, 1.807) is 30.3 Å². The molecule has 1 heterocycles. The van der Waals surface area contributed by atoms with Gasteiger partial charge in [0.1, 0.15) is 5.75 Å². The molecule has 110 valence electrons. The number of hydrogen-bond donors (Lipinski definition) is 1. The van der Waals surface area contributed by atoms with Crippen LogP contribution in [0.1, 0.15) is 10.5 Å². The number of aromatic carboxylic acids is 1. The fourth-order valence-electron chi connectivity index (χ4n) is 2.32. The first-order valence-electron chi connectivity index (χ1n) is 6.52. The van der Waals surface area contributed by atoms with E-state index in [1.807, 2.05) is 18.2 Å². The molecule has 0 fully saturated rings. The second-order valence-corrected chi connectivity index (χ2v) is 4.58. The van der Waals surface area contributed by atoms with Crippen molar-refractivity contribution < 1.29 is 14.6 Å². The van der Waals surface area contributed by atoms with Crippen molar-refractivity contribution in [1.82, 2.24) is 9.78 Å². The highest BCUT2D eigenvalue weighted by Gasteiger charge is 2.19. The van der Waals surface area contributed by atoms with Gasteiger partial charge in [-0.1, -0.05) is 24.3 Å². The van der Waals surface area contributed by atoms with Gasteiger partial charge < -0.3 is 9.84 Å². The Morgan fingerprint density at radius 1 is 1.14 bits per heavy atom. The molecule has 0 saturated heterocycles. The molecule has 0 aliphatic heterocycles. The van der Waals surface area contributed by atoms with Gasteiger partial charge in [0.25, 0.3) is 0 Å². The highest BCUT2D eigenvalue weighted by molar-refractivity contribution is 5.93. The van der Waals surface area contributed by atoms with E-state index >= 15 is 0 Å². The zero-order valence-electron chi connectivity index (χ0n) is 11.7. The Labute approximate surface area is 125 Å². The maximum absolute atomic E-state index is 12.4. The van der Waals surface area contributed by atoms with E-state index in [4.69, 9.17) is 4.74 Å². The van der Waals surface area contributed by atoms with Gasteiger partial charge in [-0.2, -0.15) is 5.10 Å². The summed E-state index contributed by atoms with van der Waals surface area (Å²) in [5.41, 5.74) is -0.0585. The monoisotopic (exact) mass is 296 g/mol. The molecule has 0 bridgehead atoms. The van der Waals surface area contributed by atoms with Crippen LogP contribution in [0.2, 0.25) is 0 Å². The zero-order valence-corrected chi connectivity index (χ0v) is 11.7. The van der Waals surface area contributed by atoms with Crippen molar-refractivity contribution in [3.8, 4) is 11.4 Å². The van der Waals surface area contributed by atoms with Crippen LogP contribution in [0, 0.1) is 0 Å². The van der Waals surface area contributed by atoms with Crippen LogP contribution >= 0.6 is 0 Å². The van der Waals surface area contributed by atoms with Gasteiger partial charge in [-0.15, -0.1) is 0 Å². The number of aromatic nitrogens is 2. The average molecular weight is 296 g/mol. The number of ether oxygens (including phenoxy) is 1. The fourth-order valence-corrected chi connectivity index (χ4v) is 2.32. The summed E-state index contributed by atoms with van der Waals surface area (Å²) < 4.78 is 6.63. The number of carboxylic acid groups (broad SMARTS) is 1. The predicted octanol–water partition coefficient (Wildman–Crippen LogP) is 2.09. The maximum Gasteiger partial charge on any atom is 0.360 e. The Morgan fingerprint density at radius 2 is 1.86 bits per heavy atom. The minimum Gasteiger partial charge on any atom is -0.496 e. The molecule has 0 saturated carbocycles. The molecule has 6 heteroatoms. The fraction of sp³-hybridized carbons (Fsp3) is 0.0625. The topological polar surface area (TPSA) is 81.4 Å². The molecule has 0 atom stereocenters. The first-order chi connectivity index (χ1) is 10.6. The molecule has 3 rings (SSSR count). The van der Waals surface area contributed by atoms with E-state index in [1.165, 1.54) is 11.8 Å². The van der Waals surface area contributed by atoms with E-state index in [9.17, 15) is 14.7 Å². The molecule has 1 aromatic heterocycles. The largest absolute Gasteiger partial charge is 0.496 e. The minimum absolute atomic E-state index is 0.196. The molecule has 0 unspecified atom stereocenters. The molecule has 2 aromatic carbocycles. The van der Waals surface area contributed by atoms with Gasteiger partial charge in [0.15, 0.2) is 0 Å². The van der Waals surface area contributed by atoms with E-state index in [-0.39, 0.29) is 5.39 Å². The van der Waals surface area contributed by atoms with Crippen LogP contribution < -0.4 is 10.2 Å². The van der Waals surface area contributed by atoms with Crippen molar-refractivity contribution in [2.24, 2.45) is 0 Å². The number of methoxy groups -OCH3 is 1. The third-order valence-electron chi connectivity index (χ3n) is 3.30. The molecular formula is C16H12N2O4. The predicted molar refractivity (Wildman–Crippen MR) is 80.9 cm³/mol. The first-order valence-corrected chi connectivity index (χ1v) is 6.52. The van der Waals surface area contributed by atoms with Gasteiger partial charge in [-0.05, 0) is 24.3 Å². The van der Waals surface area contributed by atoms with Crippen LogP contribution in [0.3, 0.4) is 0 Å². The molecule has 0 radical (unpaired) electrons. The lowest BCUT2D eigenvalue weighted by atomic mass is 10.1. The SMILES string of the molecule is COc1cccc2c1c(=O)c(C(=O)O)nn2-c1ccccc1. The Morgan fingerprint density at radius 3 is 2.50 bits per heavy atom. The molecule has 0 aliphatic carbocycles. The summed E-state index contributed by atoms with van der Waals surface area (Å²) in [4.78, 5) is 23.7. The molecule has 22 heavy (non-hydrogen) atoms. The lowest BCUT2D eigenvalue weighted by Gasteiger charge is -2.12. The number of hydrogen-bond acceptors (Lipinski definition) is 4. The van der Waals surface area contributed by atoms with Crippen molar-refractivity contribution in [3.63, 3.8) is 0 Å². The van der Waals surface area contributed by atoms with Gasteiger partial charge in [0, 0.05) is 0 Å². The number of rotatable bonds is 3. The first kappa shape index (κ1) is 13.8.